The molecule has 3 amide bonds. The number of amides is 3. The van der Waals surface area contributed by atoms with Gasteiger partial charge in [-0.25, -0.2) is 4.79 Å². The summed E-state index contributed by atoms with van der Waals surface area (Å²) in [4.78, 5) is 27.5. The molecule has 2 fully saturated rings. The highest BCUT2D eigenvalue weighted by molar-refractivity contribution is 5.97. The third-order valence-electron chi connectivity index (χ3n) is 4.79. The number of anilines is 1. The molecule has 3 rings (SSSR count). The first-order chi connectivity index (χ1) is 12.7. The number of urea groups is 1. The minimum Gasteiger partial charge on any atom is -0.497 e. The minimum absolute atomic E-state index is 0.00122. The topological polar surface area (TPSA) is 84.3 Å². The van der Waals surface area contributed by atoms with Crippen molar-refractivity contribution >= 4 is 17.6 Å². The number of nitrogens with one attached hydrogen (secondary N) is 3. The van der Waals surface area contributed by atoms with E-state index in [1.165, 1.54) is 4.90 Å². The standard InChI is InChI=1S/C18H26N4O4/c1-25-16-4-2-3-15(12-16)22-13-14(11-17(22)23)20-18(24)19-5-6-21-7-9-26-10-8-21/h2-4,12,14H,5-11,13H2,1H3,(H2,19,20,24)/p+1/t14-/m1/s1. The van der Waals surface area contributed by atoms with Gasteiger partial charge in [0.1, 0.15) is 18.8 Å². The Morgan fingerprint density at radius 3 is 2.96 bits per heavy atom. The molecule has 0 bridgehead atoms. The lowest BCUT2D eigenvalue weighted by atomic mass is 10.2. The second-order valence-electron chi connectivity index (χ2n) is 6.62. The van der Waals surface area contributed by atoms with E-state index in [1.54, 1.807) is 12.0 Å². The van der Waals surface area contributed by atoms with E-state index in [9.17, 15) is 9.59 Å². The maximum atomic E-state index is 12.3. The van der Waals surface area contributed by atoms with Crippen LogP contribution in [0.25, 0.3) is 0 Å². The first-order valence-electron chi connectivity index (χ1n) is 9.06. The molecule has 0 spiro atoms. The van der Waals surface area contributed by atoms with Crippen molar-refractivity contribution in [3.8, 4) is 5.75 Å². The van der Waals surface area contributed by atoms with Crippen LogP contribution in [0.3, 0.4) is 0 Å². The van der Waals surface area contributed by atoms with E-state index in [4.69, 9.17) is 9.47 Å². The minimum atomic E-state index is -0.219. The molecule has 26 heavy (non-hydrogen) atoms. The van der Waals surface area contributed by atoms with Gasteiger partial charge in [-0.1, -0.05) is 6.07 Å². The third kappa shape index (κ3) is 4.86. The molecule has 142 valence electrons. The van der Waals surface area contributed by atoms with Crippen molar-refractivity contribution in [1.29, 1.82) is 0 Å². The van der Waals surface area contributed by atoms with Gasteiger partial charge in [0.25, 0.3) is 0 Å². The predicted molar refractivity (Wildman–Crippen MR) is 96.7 cm³/mol. The summed E-state index contributed by atoms with van der Waals surface area (Å²) in [6.07, 6.45) is 0.305. The Kier molecular flexibility index (Phi) is 6.30. The van der Waals surface area contributed by atoms with Crippen LogP contribution in [-0.4, -0.2) is 71.0 Å². The number of benzene rings is 1. The van der Waals surface area contributed by atoms with Crippen LogP contribution < -0.4 is 25.2 Å². The molecule has 0 aromatic heterocycles. The molecular formula is C18H27N4O4+. The first kappa shape index (κ1) is 18.5. The van der Waals surface area contributed by atoms with Crippen LogP contribution >= 0.6 is 0 Å². The van der Waals surface area contributed by atoms with Crippen LogP contribution in [0.4, 0.5) is 10.5 Å². The summed E-state index contributed by atoms with van der Waals surface area (Å²) in [6, 6.07) is 6.97. The molecule has 0 radical (unpaired) electrons. The van der Waals surface area contributed by atoms with Crippen LogP contribution in [0.2, 0.25) is 0 Å². The van der Waals surface area contributed by atoms with E-state index >= 15 is 0 Å². The molecule has 0 unspecified atom stereocenters. The number of quaternary nitrogens is 1. The zero-order valence-corrected chi connectivity index (χ0v) is 15.1. The molecule has 2 heterocycles. The summed E-state index contributed by atoms with van der Waals surface area (Å²) < 4.78 is 10.5. The summed E-state index contributed by atoms with van der Waals surface area (Å²) in [5.41, 5.74) is 0.787. The molecule has 1 aromatic rings. The SMILES string of the molecule is COc1cccc(N2C[C@H](NC(=O)NCC[NH+]3CCOCC3)CC2=O)c1. The molecule has 8 heteroatoms. The van der Waals surface area contributed by atoms with E-state index in [1.807, 2.05) is 24.3 Å². The number of rotatable bonds is 6. The van der Waals surface area contributed by atoms with Gasteiger partial charge in [0.2, 0.25) is 5.91 Å². The lowest BCUT2D eigenvalue weighted by molar-refractivity contribution is -0.906. The number of ether oxygens (including phenoxy) is 2. The lowest BCUT2D eigenvalue weighted by Gasteiger charge is -2.23. The highest BCUT2D eigenvalue weighted by Crippen LogP contribution is 2.25. The van der Waals surface area contributed by atoms with Crippen LogP contribution in [0.5, 0.6) is 5.75 Å². The zero-order chi connectivity index (χ0) is 18.4. The van der Waals surface area contributed by atoms with Crippen molar-refractivity contribution in [1.82, 2.24) is 10.6 Å². The highest BCUT2D eigenvalue weighted by atomic mass is 16.5. The number of carbonyl (C=O) groups is 2. The molecule has 2 aliphatic rings. The smallest absolute Gasteiger partial charge is 0.315 e. The maximum absolute atomic E-state index is 12.3. The number of morpholine rings is 1. The molecule has 2 saturated heterocycles. The number of methoxy groups -OCH3 is 1. The summed E-state index contributed by atoms with van der Waals surface area (Å²) in [7, 11) is 1.60. The molecular weight excluding hydrogens is 336 g/mol. The van der Waals surface area contributed by atoms with Gasteiger partial charge in [0, 0.05) is 24.7 Å². The second kappa shape index (κ2) is 8.86. The monoisotopic (exact) mass is 363 g/mol. The molecule has 8 nitrogen and oxygen atoms in total. The number of carbonyl (C=O) groups excluding carboxylic acids is 2. The van der Waals surface area contributed by atoms with Gasteiger partial charge in [-0.3, -0.25) is 4.79 Å². The summed E-state index contributed by atoms with van der Waals surface area (Å²) in [5, 5.41) is 5.78. The Morgan fingerprint density at radius 2 is 2.19 bits per heavy atom. The number of hydrogen-bond donors (Lipinski definition) is 3. The summed E-state index contributed by atoms with van der Waals surface area (Å²) in [5.74, 6) is 0.705. The van der Waals surface area contributed by atoms with Crippen LogP contribution in [0, 0.1) is 0 Å². The number of nitrogens with zero attached hydrogens (tertiary/aromatic N) is 1. The molecule has 1 atom stereocenters. The van der Waals surface area contributed by atoms with Gasteiger partial charge in [-0.05, 0) is 12.1 Å². The zero-order valence-electron chi connectivity index (χ0n) is 15.1. The third-order valence-corrected chi connectivity index (χ3v) is 4.79. The van der Waals surface area contributed by atoms with Crippen LogP contribution in [0.15, 0.2) is 24.3 Å². The molecule has 0 aliphatic carbocycles. The molecule has 3 N–H and O–H groups in total. The van der Waals surface area contributed by atoms with E-state index in [0.29, 0.717) is 25.3 Å². The Bertz CT molecular complexity index is 633. The van der Waals surface area contributed by atoms with Crippen molar-refractivity contribution in [3.05, 3.63) is 24.3 Å². The van der Waals surface area contributed by atoms with Crippen molar-refractivity contribution < 1.29 is 24.0 Å². The Hall–Kier alpha value is -2.32. The van der Waals surface area contributed by atoms with Crippen LogP contribution in [0.1, 0.15) is 6.42 Å². The maximum Gasteiger partial charge on any atom is 0.315 e. The van der Waals surface area contributed by atoms with Gasteiger partial charge in [0.05, 0.1) is 39.5 Å². The van der Waals surface area contributed by atoms with E-state index < -0.39 is 0 Å². The van der Waals surface area contributed by atoms with Crippen molar-refractivity contribution in [2.24, 2.45) is 0 Å². The Balaban J connectivity index is 1.43. The summed E-state index contributed by atoms with van der Waals surface area (Å²) >= 11 is 0. The van der Waals surface area contributed by atoms with Gasteiger partial charge >= 0.3 is 6.03 Å². The first-order valence-corrected chi connectivity index (χ1v) is 9.06. The number of hydrogen-bond acceptors (Lipinski definition) is 4. The largest absolute Gasteiger partial charge is 0.497 e. The molecule has 0 saturated carbocycles. The molecule has 1 aromatic carbocycles. The van der Waals surface area contributed by atoms with E-state index in [2.05, 4.69) is 10.6 Å². The van der Waals surface area contributed by atoms with Crippen molar-refractivity contribution in [2.45, 2.75) is 12.5 Å². The normalized spacial score (nSPS) is 20.9. The fourth-order valence-corrected chi connectivity index (χ4v) is 3.33. The van der Waals surface area contributed by atoms with Crippen molar-refractivity contribution in [2.75, 3.05) is 57.9 Å². The summed E-state index contributed by atoms with van der Waals surface area (Å²) in [6.45, 7) is 5.50. The quantitative estimate of drug-likeness (QED) is 0.606. The van der Waals surface area contributed by atoms with Gasteiger partial charge < -0.3 is 29.9 Å². The van der Waals surface area contributed by atoms with E-state index in [-0.39, 0.29) is 18.0 Å². The predicted octanol–water partition coefficient (Wildman–Crippen LogP) is -0.985. The average molecular weight is 363 g/mol. The van der Waals surface area contributed by atoms with Gasteiger partial charge in [-0.15, -0.1) is 0 Å². The second-order valence-corrected chi connectivity index (χ2v) is 6.62. The van der Waals surface area contributed by atoms with Crippen LogP contribution in [-0.2, 0) is 9.53 Å². The van der Waals surface area contributed by atoms with E-state index in [0.717, 1.165) is 38.5 Å². The fraction of sp³-hybridized carbons (Fsp3) is 0.556. The van der Waals surface area contributed by atoms with Gasteiger partial charge in [0.15, 0.2) is 0 Å². The molecule has 2 aliphatic heterocycles. The van der Waals surface area contributed by atoms with Gasteiger partial charge in [-0.2, -0.15) is 0 Å². The van der Waals surface area contributed by atoms with Crippen molar-refractivity contribution in [3.63, 3.8) is 0 Å². The Morgan fingerprint density at radius 1 is 1.38 bits per heavy atom. The Labute approximate surface area is 153 Å². The fourth-order valence-electron chi connectivity index (χ4n) is 3.33. The highest BCUT2D eigenvalue weighted by Gasteiger charge is 2.31. The average Bonchev–Trinajstić information content (AvgIpc) is 3.02. The lowest BCUT2D eigenvalue weighted by Crippen LogP contribution is -3.14.